The van der Waals surface area contributed by atoms with E-state index in [0.29, 0.717) is 15.6 Å². The highest BCUT2D eigenvalue weighted by Gasteiger charge is 2.52. The predicted octanol–water partition coefficient (Wildman–Crippen LogP) is 4.51. The van der Waals surface area contributed by atoms with E-state index in [1.165, 1.54) is 11.1 Å². The van der Waals surface area contributed by atoms with Crippen LogP contribution in [0.5, 0.6) is 0 Å². The maximum absolute atomic E-state index is 12.6. The van der Waals surface area contributed by atoms with Crippen molar-refractivity contribution in [3.05, 3.63) is 76.2 Å². The molecule has 1 saturated carbocycles. The van der Waals surface area contributed by atoms with Crippen LogP contribution >= 0.6 is 23.2 Å². The summed E-state index contributed by atoms with van der Waals surface area (Å²) < 4.78 is 2.25. The number of halogens is 2. The van der Waals surface area contributed by atoms with Gasteiger partial charge in [0.2, 0.25) is 0 Å². The zero-order valence-corrected chi connectivity index (χ0v) is 15.3. The van der Waals surface area contributed by atoms with Gasteiger partial charge in [0, 0.05) is 16.6 Å². The van der Waals surface area contributed by atoms with E-state index in [4.69, 9.17) is 23.2 Å². The third kappa shape index (κ3) is 2.15. The number of nitrogens with zero attached hydrogens (tertiary/aromatic N) is 2. The van der Waals surface area contributed by atoms with Gasteiger partial charge >= 0.3 is 0 Å². The summed E-state index contributed by atoms with van der Waals surface area (Å²) in [6.07, 6.45) is 5.48. The van der Waals surface area contributed by atoms with Crippen LogP contribution in [0.2, 0.25) is 10.0 Å². The third-order valence-corrected chi connectivity index (χ3v) is 6.03. The maximum Gasteiger partial charge on any atom is 0.253 e. The van der Waals surface area contributed by atoms with Crippen molar-refractivity contribution in [2.24, 2.45) is 0 Å². The Balaban J connectivity index is 1.39. The number of rotatable bonds is 2. The van der Waals surface area contributed by atoms with Crippen molar-refractivity contribution in [2.75, 3.05) is 0 Å². The van der Waals surface area contributed by atoms with Crippen LogP contribution in [0.15, 0.2) is 55.0 Å². The van der Waals surface area contributed by atoms with Gasteiger partial charge in [-0.3, -0.25) is 4.79 Å². The second kappa shape index (κ2) is 5.60. The molecule has 3 aromatic rings. The summed E-state index contributed by atoms with van der Waals surface area (Å²) in [4.78, 5) is 16.9. The van der Waals surface area contributed by atoms with Crippen molar-refractivity contribution in [3.8, 4) is 11.3 Å². The van der Waals surface area contributed by atoms with Crippen LogP contribution in [0.3, 0.4) is 0 Å². The van der Waals surface area contributed by atoms with Crippen molar-refractivity contribution >= 4 is 29.1 Å². The van der Waals surface area contributed by atoms with Gasteiger partial charge in [-0.15, -0.1) is 0 Å². The largest absolute Gasteiger partial charge is 0.349 e. The first-order valence-electron chi connectivity index (χ1n) is 8.47. The van der Waals surface area contributed by atoms with Crippen LogP contribution in [0, 0.1) is 0 Å². The van der Waals surface area contributed by atoms with Crippen LogP contribution in [-0.2, 0) is 5.54 Å². The Morgan fingerprint density at radius 1 is 1.19 bits per heavy atom. The number of fused-ring (bicyclic) bond motifs is 5. The quantitative estimate of drug-likeness (QED) is 0.707. The lowest BCUT2D eigenvalue weighted by Gasteiger charge is -2.47. The molecule has 4 nitrogen and oxygen atoms in total. The van der Waals surface area contributed by atoms with Crippen molar-refractivity contribution in [3.63, 3.8) is 0 Å². The molecule has 1 amide bonds. The Hall–Kier alpha value is -2.30. The first-order valence-corrected chi connectivity index (χ1v) is 9.23. The number of hydrogen-bond acceptors (Lipinski definition) is 2. The molecule has 6 heteroatoms. The Morgan fingerprint density at radius 2 is 2.00 bits per heavy atom. The fourth-order valence-corrected chi connectivity index (χ4v) is 4.78. The first-order chi connectivity index (χ1) is 12.6. The number of aromatic nitrogens is 2. The van der Waals surface area contributed by atoms with E-state index in [1.54, 1.807) is 18.2 Å². The van der Waals surface area contributed by atoms with Crippen LogP contribution in [0.1, 0.15) is 28.8 Å². The van der Waals surface area contributed by atoms with E-state index in [0.717, 1.165) is 18.5 Å². The zero-order valence-electron chi connectivity index (χ0n) is 13.7. The van der Waals surface area contributed by atoms with Crippen LogP contribution in [0.25, 0.3) is 11.3 Å². The predicted molar refractivity (Wildman–Crippen MR) is 102 cm³/mol. The van der Waals surface area contributed by atoms with Crippen molar-refractivity contribution in [2.45, 2.75) is 24.4 Å². The second-order valence-corrected chi connectivity index (χ2v) is 7.77. The highest BCUT2D eigenvalue weighted by Crippen LogP contribution is 2.54. The minimum atomic E-state index is -0.163. The molecule has 130 valence electrons. The van der Waals surface area contributed by atoms with Crippen molar-refractivity contribution < 1.29 is 4.79 Å². The normalized spacial score (nSPS) is 22.6. The number of amides is 1. The van der Waals surface area contributed by atoms with Gasteiger partial charge in [-0.25, -0.2) is 4.98 Å². The van der Waals surface area contributed by atoms with Gasteiger partial charge in [-0.1, -0.05) is 47.5 Å². The SMILES string of the molecule is O=C(NC1CC2(C1)c1ccccc1-c1cncn12)c1ccc(Cl)cc1Cl. The molecule has 2 aliphatic rings. The summed E-state index contributed by atoms with van der Waals surface area (Å²) in [7, 11) is 0. The molecule has 1 aliphatic carbocycles. The number of imidazole rings is 1. The van der Waals surface area contributed by atoms with E-state index in [2.05, 4.69) is 39.1 Å². The Morgan fingerprint density at radius 3 is 2.81 bits per heavy atom. The summed E-state index contributed by atoms with van der Waals surface area (Å²) in [5.74, 6) is -0.163. The monoisotopic (exact) mass is 383 g/mol. The van der Waals surface area contributed by atoms with Gasteiger partial charge in [0.25, 0.3) is 5.91 Å². The van der Waals surface area contributed by atoms with Crippen molar-refractivity contribution in [1.82, 2.24) is 14.9 Å². The first kappa shape index (κ1) is 15.9. The van der Waals surface area contributed by atoms with E-state index < -0.39 is 0 Å². The average molecular weight is 384 g/mol. The Kier molecular flexibility index (Phi) is 3.43. The molecular formula is C20H15Cl2N3O. The number of nitrogens with one attached hydrogen (secondary N) is 1. The minimum Gasteiger partial charge on any atom is -0.349 e. The lowest BCUT2D eigenvalue weighted by Crippen LogP contribution is -2.55. The van der Waals surface area contributed by atoms with Gasteiger partial charge in [0.1, 0.15) is 0 Å². The molecule has 0 radical (unpaired) electrons. The minimum absolute atomic E-state index is 0.0932. The molecule has 1 fully saturated rings. The summed E-state index contributed by atoms with van der Waals surface area (Å²) in [6.45, 7) is 0. The zero-order chi connectivity index (χ0) is 17.9. The van der Waals surface area contributed by atoms with Gasteiger partial charge in [0.05, 0.1) is 34.3 Å². The van der Waals surface area contributed by atoms with Gasteiger partial charge in [0.15, 0.2) is 0 Å². The average Bonchev–Trinajstić information content (AvgIpc) is 3.15. The molecule has 0 bridgehead atoms. The van der Waals surface area contributed by atoms with Crippen LogP contribution in [0.4, 0.5) is 0 Å². The lowest BCUT2D eigenvalue weighted by molar-refractivity contribution is 0.0836. The van der Waals surface area contributed by atoms with E-state index >= 15 is 0 Å². The summed E-state index contributed by atoms with van der Waals surface area (Å²) >= 11 is 12.1. The molecule has 1 aromatic heterocycles. The molecule has 1 N–H and O–H groups in total. The van der Waals surface area contributed by atoms with Crippen LogP contribution in [-0.4, -0.2) is 21.5 Å². The van der Waals surface area contributed by atoms with E-state index in [1.807, 2.05) is 12.5 Å². The van der Waals surface area contributed by atoms with Gasteiger partial charge in [-0.05, 0) is 36.6 Å². The molecule has 2 aromatic carbocycles. The van der Waals surface area contributed by atoms with Crippen molar-refractivity contribution in [1.29, 1.82) is 0 Å². The second-order valence-electron chi connectivity index (χ2n) is 6.93. The molecule has 0 unspecified atom stereocenters. The summed E-state index contributed by atoms with van der Waals surface area (Å²) in [5, 5.41) is 3.98. The molecule has 26 heavy (non-hydrogen) atoms. The third-order valence-electron chi connectivity index (χ3n) is 5.48. The number of hydrogen-bond donors (Lipinski definition) is 1. The van der Waals surface area contributed by atoms with E-state index in [-0.39, 0.29) is 17.5 Å². The molecule has 0 saturated heterocycles. The van der Waals surface area contributed by atoms with Crippen LogP contribution < -0.4 is 5.32 Å². The van der Waals surface area contributed by atoms with Gasteiger partial charge < -0.3 is 9.88 Å². The molecule has 0 atom stereocenters. The topological polar surface area (TPSA) is 46.9 Å². The summed E-state index contributed by atoms with van der Waals surface area (Å²) in [6, 6.07) is 13.5. The molecule has 1 aliphatic heterocycles. The molecule has 5 rings (SSSR count). The van der Waals surface area contributed by atoms with E-state index in [9.17, 15) is 4.79 Å². The smallest absolute Gasteiger partial charge is 0.253 e. The molecule has 2 heterocycles. The highest BCUT2D eigenvalue weighted by molar-refractivity contribution is 6.36. The number of carbonyl (C=O) groups is 1. The fourth-order valence-electron chi connectivity index (χ4n) is 4.29. The maximum atomic E-state index is 12.6. The highest BCUT2D eigenvalue weighted by atomic mass is 35.5. The Labute approximate surface area is 160 Å². The number of benzene rings is 2. The standard InChI is InChI=1S/C20H15Cl2N3O/c21-12-5-6-15(17(22)7-12)19(26)24-13-8-20(9-13)16-4-2-1-3-14(16)18-10-23-11-25(18)20/h1-7,10-11,13H,8-9H2,(H,24,26). The fraction of sp³-hybridized carbons (Fsp3) is 0.200. The lowest BCUT2D eigenvalue weighted by atomic mass is 9.68. The number of carbonyl (C=O) groups excluding carboxylic acids is 1. The molecular weight excluding hydrogens is 369 g/mol. The summed E-state index contributed by atoms with van der Waals surface area (Å²) in [5.41, 5.74) is 4.03. The Bertz CT molecular complexity index is 1040. The molecule has 1 spiro atoms. The van der Waals surface area contributed by atoms with Gasteiger partial charge in [-0.2, -0.15) is 0 Å².